The number of methoxy groups -OCH3 is 1. The summed E-state index contributed by atoms with van der Waals surface area (Å²) in [7, 11) is 5.25. The number of esters is 1. The third-order valence-corrected chi connectivity index (χ3v) is 6.05. The molecule has 2 aromatic carbocycles. The largest absolute Gasteiger partial charge is 0.465 e. The number of hydrogen-bond acceptors (Lipinski definition) is 4. The van der Waals surface area contributed by atoms with Crippen molar-refractivity contribution in [1.29, 1.82) is 0 Å². The molecule has 6 nitrogen and oxygen atoms in total. The molecule has 0 atom stereocenters. The Bertz CT molecular complexity index is 1180. The van der Waals surface area contributed by atoms with Gasteiger partial charge in [0.15, 0.2) is 0 Å². The fourth-order valence-electron chi connectivity index (χ4n) is 3.94. The highest BCUT2D eigenvalue weighted by Gasteiger charge is 2.23. The minimum Gasteiger partial charge on any atom is -0.465 e. The van der Waals surface area contributed by atoms with Gasteiger partial charge in [-0.1, -0.05) is 24.8 Å². The van der Waals surface area contributed by atoms with E-state index in [9.17, 15) is 9.59 Å². The van der Waals surface area contributed by atoms with Crippen molar-refractivity contribution in [2.24, 2.45) is 7.05 Å². The van der Waals surface area contributed by atoms with Crippen LogP contribution in [0.25, 0.3) is 10.9 Å². The first-order valence-corrected chi connectivity index (χ1v) is 10.1. The molecule has 6 heteroatoms. The van der Waals surface area contributed by atoms with Crippen LogP contribution in [0.1, 0.15) is 34.1 Å². The molecule has 0 fully saturated rings. The van der Waals surface area contributed by atoms with Gasteiger partial charge in [-0.25, -0.2) is 4.79 Å². The molecular weight excluding hydrogens is 390 g/mol. The molecule has 1 heterocycles. The van der Waals surface area contributed by atoms with E-state index >= 15 is 0 Å². The van der Waals surface area contributed by atoms with Gasteiger partial charge in [-0.3, -0.25) is 4.79 Å². The van der Waals surface area contributed by atoms with Crippen molar-refractivity contribution >= 4 is 34.7 Å². The van der Waals surface area contributed by atoms with E-state index < -0.39 is 5.97 Å². The number of aromatic nitrogens is 1. The Kier molecular flexibility index (Phi) is 6.20. The van der Waals surface area contributed by atoms with Crippen molar-refractivity contribution in [2.75, 3.05) is 24.0 Å². The van der Waals surface area contributed by atoms with E-state index in [0.717, 1.165) is 51.2 Å². The van der Waals surface area contributed by atoms with E-state index in [4.69, 9.17) is 4.74 Å². The molecule has 0 N–H and O–H groups in total. The van der Waals surface area contributed by atoms with Crippen LogP contribution in [-0.4, -0.2) is 31.1 Å². The normalized spacial score (nSPS) is 10.8. The maximum Gasteiger partial charge on any atom is 0.338 e. The van der Waals surface area contributed by atoms with E-state index in [2.05, 4.69) is 18.1 Å². The molecular formula is C25H29N3O3. The van der Waals surface area contributed by atoms with Gasteiger partial charge < -0.3 is 19.1 Å². The molecule has 0 aliphatic carbocycles. The molecule has 0 saturated heterocycles. The highest BCUT2D eigenvalue weighted by Crippen LogP contribution is 2.34. The van der Waals surface area contributed by atoms with Gasteiger partial charge in [0.2, 0.25) is 6.41 Å². The third kappa shape index (κ3) is 3.81. The first kappa shape index (κ1) is 22.2. The van der Waals surface area contributed by atoms with Crippen molar-refractivity contribution in [3.63, 3.8) is 0 Å². The first-order chi connectivity index (χ1) is 14.7. The Hall–Kier alpha value is -3.54. The lowest BCUT2D eigenvalue weighted by molar-refractivity contribution is -0.107. The highest BCUT2D eigenvalue weighted by molar-refractivity contribution is 6.00. The summed E-state index contributed by atoms with van der Waals surface area (Å²) in [6.07, 6.45) is 0.799. The summed E-state index contributed by atoms with van der Waals surface area (Å²) in [5.74, 6) is -0.424. The number of aryl methyl sites for hydroxylation is 2. The predicted molar refractivity (Wildman–Crippen MR) is 126 cm³/mol. The lowest BCUT2D eigenvalue weighted by atomic mass is 10.0. The van der Waals surface area contributed by atoms with Crippen LogP contribution in [0.2, 0.25) is 0 Å². The van der Waals surface area contributed by atoms with E-state index in [0.29, 0.717) is 5.56 Å². The van der Waals surface area contributed by atoms with E-state index in [-0.39, 0.29) is 6.54 Å². The SMILES string of the molecule is C=C(C)N(C)c1ccccc1N(C=O)Cc1c(C(=O)OC)ccc2c(C)c(C)n(C)c12. The summed E-state index contributed by atoms with van der Waals surface area (Å²) < 4.78 is 7.11. The van der Waals surface area contributed by atoms with Gasteiger partial charge in [-0.05, 0) is 44.5 Å². The number of nitrogens with zero attached hydrogens (tertiary/aromatic N) is 3. The summed E-state index contributed by atoms with van der Waals surface area (Å²) in [6, 6.07) is 11.4. The average molecular weight is 420 g/mol. The van der Waals surface area contributed by atoms with Crippen LogP contribution in [-0.2, 0) is 23.1 Å². The van der Waals surface area contributed by atoms with Gasteiger partial charge in [-0.15, -0.1) is 0 Å². The summed E-state index contributed by atoms with van der Waals surface area (Å²) in [6.45, 7) is 10.3. The van der Waals surface area contributed by atoms with Crippen molar-refractivity contribution in [3.05, 3.63) is 71.1 Å². The molecule has 0 radical (unpaired) electrons. The maximum atomic E-state index is 12.6. The van der Waals surface area contributed by atoms with E-state index in [1.807, 2.05) is 63.2 Å². The molecule has 162 valence electrons. The van der Waals surface area contributed by atoms with Crippen LogP contribution >= 0.6 is 0 Å². The molecule has 0 saturated carbocycles. The third-order valence-electron chi connectivity index (χ3n) is 6.05. The molecule has 0 aliphatic rings. The number of rotatable bonds is 7. The van der Waals surface area contributed by atoms with Gasteiger partial charge in [0.1, 0.15) is 0 Å². The Labute approximate surface area is 183 Å². The fraction of sp³-hybridized carbons (Fsp3) is 0.280. The molecule has 0 spiro atoms. The second-order valence-corrected chi connectivity index (χ2v) is 7.77. The molecule has 3 rings (SSSR count). The number of carbonyl (C=O) groups is 2. The molecule has 31 heavy (non-hydrogen) atoms. The van der Waals surface area contributed by atoms with Gasteiger partial charge in [0.25, 0.3) is 0 Å². The summed E-state index contributed by atoms with van der Waals surface area (Å²) in [4.78, 5) is 28.4. The van der Waals surface area contributed by atoms with E-state index in [1.165, 1.54) is 7.11 Å². The Morgan fingerprint density at radius 1 is 1.16 bits per heavy atom. The average Bonchev–Trinajstić information content (AvgIpc) is 3.00. The second-order valence-electron chi connectivity index (χ2n) is 7.77. The number of fused-ring (bicyclic) bond motifs is 1. The Morgan fingerprint density at radius 3 is 2.39 bits per heavy atom. The predicted octanol–water partition coefficient (Wildman–Crippen LogP) is 4.71. The summed E-state index contributed by atoms with van der Waals surface area (Å²) >= 11 is 0. The number of allylic oxidation sites excluding steroid dienone is 1. The Morgan fingerprint density at radius 2 is 1.81 bits per heavy atom. The fourth-order valence-corrected chi connectivity index (χ4v) is 3.94. The molecule has 1 aromatic heterocycles. The minimum absolute atomic E-state index is 0.225. The summed E-state index contributed by atoms with van der Waals surface area (Å²) in [5, 5.41) is 1.06. The van der Waals surface area contributed by atoms with Crippen molar-refractivity contribution < 1.29 is 14.3 Å². The Balaban J connectivity index is 2.23. The van der Waals surface area contributed by atoms with Crippen molar-refractivity contribution in [2.45, 2.75) is 27.3 Å². The zero-order valence-electron chi connectivity index (χ0n) is 19.0. The standard InChI is InChI=1S/C25H29N3O3/c1-16(2)26(5)22-10-8-9-11-23(22)28(15-29)14-21-20(25(30)31-7)13-12-19-17(3)18(4)27(6)24(19)21/h8-13,15H,1,14H2,2-7H3. The zero-order valence-corrected chi connectivity index (χ0v) is 19.0. The molecule has 1 amide bonds. The molecule has 3 aromatic rings. The van der Waals surface area contributed by atoms with Gasteiger partial charge in [-0.2, -0.15) is 0 Å². The lowest BCUT2D eigenvalue weighted by Crippen LogP contribution is -2.25. The number of hydrogen-bond donors (Lipinski definition) is 0. The monoisotopic (exact) mass is 419 g/mol. The van der Waals surface area contributed by atoms with Crippen molar-refractivity contribution in [3.8, 4) is 0 Å². The number of amides is 1. The summed E-state index contributed by atoms with van der Waals surface area (Å²) in [5.41, 5.74) is 6.83. The molecule has 0 unspecified atom stereocenters. The van der Waals surface area contributed by atoms with Crippen LogP contribution in [0.3, 0.4) is 0 Å². The second kappa shape index (κ2) is 8.68. The van der Waals surface area contributed by atoms with Crippen LogP contribution in [0, 0.1) is 13.8 Å². The van der Waals surface area contributed by atoms with E-state index in [1.54, 1.807) is 11.0 Å². The van der Waals surface area contributed by atoms with Crippen LogP contribution in [0.15, 0.2) is 48.7 Å². The topological polar surface area (TPSA) is 54.8 Å². The van der Waals surface area contributed by atoms with Crippen LogP contribution < -0.4 is 9.80 Å². The van der Waals surface area contributed by atoms with Crippen molar-refractivity contribution in [1.82, 2.24) is 4.57 Å². The smallest absolute Gasteiger partial charge is 0.338 e. The first-order valence-electron chi connectivity index (χ1n) is 10.1. The molecule has 0 bridgehead atoms. The highest BCUT2D eigenvalue weighted by atomic mass is 16.5. The van der Waals surface area contributed by atoms with Crippen LogP contribution in [0.5, 0.6) is 0 Å². The lowest BCUT2D eigenvalue weighted by Gasteiger charge is -2.27. The van der Waals surface area contributed by atoms with Crippen LogP contribution in [0.4, 0.5) is 11.4 Å². The van der Waals surface area contributed by atoms with Gasteiger partial charge >= 0.3 is 5.97 Å². The number of ether oxygens (including phenoxy) is 1. The van der Waals surface area contributed by atoms with Gasteiger partial charge in [0, 0.05) is 36.4 Å². The minimum atomic E-state index is -0.424. The number of carbonyl (C=O) groups excluding carboxylic acids is 2. The van der Waals surface area contributed by atoms with Gasteiger partial charge in [0.05, 0.1) is 36.1 Å². The maximum absolute atomic E-state index is 12.6. The number of benzene rings is 2. The number of para-hydroxylation sites is 2. The quantitative estimate of drug-likeness (QED) is 0.411. The number of anilines is 2. The zero-order chi connectivity index (χ0) is 22.9. The molecule has 0 aliphatic heterocycles.